The van der Waals surface area contributed by atoms with Gasteiger partial charge in [-0.05, 0) is 72.3 Å². The van der Waals surface area contributed by atoms with Crippen LogP contribution in [0.15, 0.2) is 114 Å². The molecule has 4 amide bonds. The summed E-state index contributed by atoms with van der Waals surface area (Å²) in [5.41, 5.74) is 1.60. The minimum atomic E-state index is -0.682. The number of carbonyl (C=O) groups is 4. The van der Waals surface area contributed by atoms with E-state index in [2.05, 4.69) is 10.6 Å². The fraction of sp³-hybridized carbons (Fsp3) is 0.0909. The second-order valence-electron chi connectivity index (χ2n) is 9.78. The summed E-state index contributed by atoms with van der Waals surface area (Å²) in [7, 11) is 1.53. The van der Waals surface area contributed by atoms with Crippen molar-refractivity contribution < 1.29 is 28.8 Å². The molecule has 1 aliphatic rings. The topological polar surface area (TPSA) is 148 Å². The molecule has 45 heavy (non-hydrogen) atoms. The predicted octanol–water partition coefficient (Wildman–Crippen LogP) is 5.44. The fourth-order valence-electron chi connectivity index (χ4n) is 4.51. The van der Waals surface area contributed by atoms with Crippen LogP contribution < -0.4 is 20.3 Å². The number of imide groups is 1. The van der Waals surface area contributed by atoms with Gasteiger partial charge in [0.2, 0.25) is 11.8 Å². The summed E-state index contributed by atoms with van der Waals surface area (Å²) in [4.78, 5) is 64.1. The van der Waals surface area contributed by atoms with Crippen LogP contribution in [0.1, 0.15) is 22.3 Å². The van der Waals surface area contributed by atoms with Gasteiger partial charge in [-0.3, -0.25) is 29.3 Å². The molecule has 1 heterocycles. The van der Waals surface area contributed by atoms with Crippen LogP contribution in [0.4, 0.5) is 17.1 Å². The standard InChI is InChI=1S/C33H26N4O7S/c1-44-26-9-5-6-21(18-26)19-28(35-31(39)22-7-3-2-4-8-22)32(40)34-23-10-16-27(17-11-23)45-29-20-30(38)36(33(29)41)24-12-14-25(15-13-24)37(42)43/h2-19,29H,20H2,1H3,(H,34,40)(H,35,39)/b28-19-. The van der Waals surface area contributed by atoms with Gasteiger partial charge in [-0.1, -0.05) is 30.3 Å². The number of amides is 4. The summed E-state index contributed by atoms with van der Waals surface area (Å²) in [6, 6.07) is 27.5. The third-order valence-electron chi connectivity index (χ3n) is 6.75. The Morgan fingerprint density at radius 2 is 1.67 bits per heavy atom. The van der Waals surface area contributed by atoms with Gasteiger partial charge in [0.05, 0.1) is 23.0 Å². The highest BCUT2D eigenvalue weighted by atomic mass is 32.2. The molecule has 0 radical (unpaired) electrons. The molecule has 12 heteroatoms. The Balaban J connectivity index is 1.28. The molecule has 226 valence electrons. The van der Waals surface area contributed by atoms with Crippen molar-refractivity contribution in [1.29, 1.82) is 0 Å². The van der Waals surface area contributed by atoms with E-state index in [9.17, 15) is 29.3 Å². The molecule has 0 spiro atoms. The first-order valence-electron chi connectivity index (χ1n) is 13.6. The first kappa shape index (κ1) is 30.7. The van der Waals surface area contributed by atoms with Crippen LogP contribution in [0.2, 0.25) is 0 Å². The van der Waals surface area contributed by atoms with Crippen molar-refractivity contribution in [1.82, 2.24) is 5.32 Å². The molecular weight excluding hydrogens is 596 g/mol. The number of thioether (sulfide) groups is 1. The lowest BCUT2D eigenvalue weighted by atomic mass is 10.1. The molecule has 0 saturated carbocycles. The minimum Gasteiger partial charge on any atom is -0.497 e. The van der Waals surface area contributed by atoms with Gasteiger partial charge >= 0.3 is 0 Å². The maximum atomic E-state index is 13.4. The molecule has 0 aliphatic carbocycles. The highest BCUT2D eigenvalue weighted by Gasteiger charge is 2.40. The van der Waals surface area contributed by atoms with E-state index in [1.807, 2.05) is 0 Å². The van der Waals surface area contributed by atoms with Crippen LogP contribution in [0, 0.1) is 10.1 Å². The van der Waals surface area contributed by atoms with Gasteiger partial charge in [0.15, 0.2) is 0 Å². The normalized spacial score (nSPS) is 14.6. The van der Waals surface area contributed by atoms with Gasteiger partial charge in [0, 0.05) is 34.7 Å². The maximum Gasteiger partial charge on any atom is 0.272 e. The Morgan fingerprint density at radius 3 is 2.33 bits per heavy atom. The van der Waals surface area contributed by atoms with Crippen molar-refractivity contribution in [3.63, 3.8) is 0 Å². The number of hydrogen-bond acceptors (Lipinski definition) is 8. The molecule has 11 nitrogen and oxygen atoms in total. The summed E-state index contributed by atoms with van der Waals surface area (Å²) in [5, 5.41) is 15.7. The number of benzene rings is 4. The molecule has 4 aromatic carbocycles. The second-order valence-corrected chi connectivity index (χ2v) is 11.1. The van der Waals surface area contributed by atoms with Crippen molar-refractivity contribution in [3.05, 3.63) is 130 Å². The first-order chi connectivity index (χ1) is 21.7. The Bertz CT molecular complexity index is 1790. The van der Waals surface area contributed by atoms with E-state index in [0.717, 1.165) is 4.90 Å². The molecule has 2 N–H and O–H groups in total. The van der Waals surface area contributed by atoms with Crippen LogP contribution in [-0.2, 0) is 14.4 Å². The van der Waals surface area contributed by atoms with Gasteiger partial charge < -0.3 is 15.4 Å². The number of nitrogens with zero attached hydrogens (tertiary/aromatic N) is 2. The van der Waals surface area contributed by atoms with Crippen molar-refractivity contribution in [3.8, 4) is 5.75 Å². The van der Waals surface area contributed by atoms with Gasteiger partial charge in [-0.2, -0.15) is 0 Å². The minimum absolute atomic E-state index is 0.0111. The highest BCUT2D eigenvalue weighted by molar-refractivity contribution is 8.00. The molecule has 0 aromatic heterocycles. The second kappa shape index (κ2) is 13.7. The molecule has 1 fully saturated rings. The quantitative estimate of drug-likeness (QED) is 0.103. The van der Waals surface area contributed by atoms with Crippen molar-refractivity contribution >= 4 is 58.5 Å². The van der Waals surface area contributed by atoms with E-state index in [1.165, 1.54) is 43.1 Å². The molecule has 1 atom stereocenters. The number of carbonyl (C=O) groups excluding carboxylic acids is 4. The largest absolute Gasteiger partial charge is 0.497 e. The van der Waals surface area contributed by atoms with Crippen molar-refractivity contribution in [2.45, 2.75) is 16.6 Å². The van der Waals surface area contributed by atoms with Gasteiger partial charge in [0.25, 0.3) is 17.5 Å². The first-order valence-corrected chi connectivity index (χ1v) is 14.5. The lowest BCUT2D eigenvalue weighted by Gasteiger charge is -2.15. The number of nitro benzene ring substituents is 1. The van der Waals surface area contributed by atoms with E-state index in [1.54, 1.807) is 84.9 Å². The highest BCUT2D eigenvalue weighted by Crippen LogP contribution is 2.35. The fourth-order valence-corrected chi connectivity index (χ4v) is 5.56. The number of rotatable bonds is 10. The Labute approximate surface area is 262 Å². The van der Waals surface area contributed by atoms with Crippen LogP contribution in [0.25, 0.3) is 6.08 Å². The lowest BCUT2D eigenvalue weighted by molar-refractivity contribution is -0.384. The number of nitro groups is 1. The van der Waals surface area contributed by atoms with Crippen LogP contribution >= 0.6 is 11.8 Å². The number of non-ortho nitro benzene ring substituents is 1. The zero-order chi connectivity index (χ0) is 31.9. The molecule has 1 saturated heterocycles. The number of anilines is 2. The van der Waals surface area contributed by atoms with Crippen molar-refractivity contribution in [2.75, 3.05) is 17.3 Å². The third kappa shape index (κ3) is 7.43. The van der Waals surface area contributed by atoms with Crippen LogP contribution in [-0.4, -0.2) is 40.9 Å². The number of ether oxygens (including phenoxy) is 1. The van der Waals surface area contributed by atoms with Gasteiger partial charge in [0.1, 0.15) is 11.4 Å². The summed E-state index contributed by atoms with van der Waals surface area (Å²) in [5.74, 6) is -1.24. The van der Waals surface area contributed by atoms with Gasteiger partial charge in [-0.15, -0.1) is 11.8 Å². The Hall–Kier alpha value is -5.75. The van der Waals surface area contributed by atoms with E-state index < -0.39 is 33.8 Å². The smallest absolute Gasteiger partial charge is 0.272 e. The van der Waals surface area contributed by atoms with E-state index in [0.29, 0.717) is 27.5 Å². The Morgan fingerprint density at radius 1 is 0.956 bits per heavy atom. The van der Waals surface area contributed by atoms with Crippen LogP contribution in [0.3, 0.4) is 0 Å². The van der Waals surface area contributed by atoms with E-state index in [4.69, 9.17) is 4.74 Å². The van der Waals surface area contributed by atoms with E-state index >= 15 is 0 Å². The molecule has 5 rings (SSSR count). The maximum absolute atomic E-state index is 13.4. The number of hydrogen-bond donors (Lipinski definition) is 2. The zero-order valence-corrected chi connectivity index (χ0v) is 24.7. The molecule has 4 aromatic rings. The monoisotopic (exact) mass is 622 g/mol. The summed E-state index contributed by atoms with van der Waals surface area (Å²) in [6.45, 7) is 0. The predicted molar refractivity (Wildman–Crippen MR) is 170 cm³/mol. The number of methoxy groups -OCH3 is 1. The number of nitrogens with one attached hydrogen (secondary N) is 2. The summed E-state index contributed by atoms with van der Waals surface area (Å²) < 4.78 is 5.27. The molecular formula is C33H26N4O7S. The van der Waals surface area contributed by atoms with Gasteiger partial charge in [-0.25, -0.2) is 4.90 Å². The lowest BCUT2D eigenvalue weighted by Crippen LogP contribution is -2.31. The van der Waals surface area contributed by atoms with Crippen LogP contribution in [0.5, 0.6) is 5.75 Å². The zero-order valence-electron chi connectivity index (χ0n) is 23.8. The average Bonchev–Trinajstić information content (AvgIpc) is 3.33. The molecule has 1 aliphatic heterocycles. The summed E-state index contributed by atoms with van der Waals surface area (Å²) in [6.07, 6.45) is 1.51. The molecule has 1 unspecified atom stereocenters. The van der Waals surface area contributed by atoms with E-state index in [-0.39, 0.29) is 23.5 Å². The van der Waals surface area contributed by atoms with Crippen molar-refractivity contribution in [2.24, 2.45) is 0 Å². The SMILES string of the molecule is COc1cccc(/C=C(\NC(=O)c2ccccc2)C(=O)Nc2ccc(SC3CC(=O)N(c4ccc([N+](=O)[O-])cc4)C3=O)cc2)c1. The average molecular weight is 623 g/mol. The Kier molecular flexibility index (Phi) is 9.34. The third-order valence-corrected chi connectivity index (χ3v) is 7.95. The molecule has 0 bridgehead atoms. The summed E-state index contributed by atoms with van der Waals surface area (Å²) >= 11 is 1.20.